The molecule has 36 heavy (non-hydrogen) atoms. The first kappa shape index (κ1) is 25.2. The van der Waals surface area contributed by atoms with Gasteiger partial charge in [0.25, 0.3) is 0 Å². The molecule has 1 saturated heterocycles. The van der Waals surface area contributed by atoms with E-state index >= 15 is 0 Å². The predicted octanol–water partition coefficient (Wildman–Crippen LogP) is 6.51. The van der Waals surface area contributed by atoms with Crippen molar-refractivity contribution < 1.29 is 9.59 Å². The summed E-state index contributed by atoms with van der Waals surface area (Å²) < 4.78 is 2.00. The fraction of sp³-hybridized carbons (Fsp3) is 0.185. The number of thioether (sulfide) groups is 1. The number of aryl methyl sites for hydroxylation is 1. The van der Waals surface area contributed by atoms with Crippen LogP contribution in [-0.2, 0) is 9.59 Å². The van der Waals surface area contributed by atoms with Crippen LogP contribution in [0.2, 0.25) is 0 Å². The molecule has 0 bridgehead atoms. The standard InChI is InChI=1S/C27H22BrIN4O2S/c1-16-2-4-17(5-3-16)22-14-23(18-6-8-19(28)9-7-18)33(31-22)27(30)36-24-15-25(34)32(26(24)35)21-12-10-20(29)11-13-21/h2-13,23-24,30H,14-15H2,1H3/t23-,24+/m1/s1. The number of benzene rings is 3. The minimum Gasteiger partial charge on any atom is -0.277 e. The van der Waals surface area contributed by atoms with Gasteiger partial charge >= 0.3 is 0 Å². The van der Waals surface area contributed by atoms with Gasteiger partial charge in [-0.15, -0.1) is 0 Å². The number of rotatable bonds is 4. The van der Waals surface area contributed by atoms with Crippen LogP contribution < -0.4 is 4.90 Å². The van der Waals surface area contributed by atoms with Crippen LogP contribution in [0.1, 0.15) is 35.6 Å². The molecule has 3 aromatic carbocycles. The molecule has 0 unspecified atom stereocenters. The first-order valence-electron chi connectivity index (χ1n) is 11.4. The van der Waals surface area contributed by atoms with Crippen LogP contribution in [0.3, 0.4) is 0 Å². The lowest BCUT2D eigenvalue weighted by Gasteiger charge is -2.24. The highest BCUT2D eigenvalue weighted by Gasteiger charge is 2.42. The largest absolute Gasteiger partial charge is 0.277 e. The van der Waals surface area contributed by atoms with Crippen molar-refractivity contribution in [2.75, 3.05) is 4.90 Å². The summed E-state index contributed by atoms with van der Waals surface area (Å²) in [5, 5.41) is 14.9. The van der Waals surface area contributed by atoms with E-state index in [1.165, 1.54) is 10.5 Å². The van der Waals surface area contributed by atoms with Crippen molar-refractivity contribution in [3.8, 4) is 0 Å². The molecule has 2 amide bonds. The number of imide groups is 1. The lowest BCUT2D eigenvalue weighted by Crippen LogP contribution is -2.32. The van der Waals surface area contributed by atoms with Gasteiger partial charge in [-0.2, -0.15) is 5.10 Å². The number of halogens is 2. The van der Waals surface area contributed by atoms with E-state index in [2.05, 4.69) is 50.7 Å². The van der Waals surface area contributed by atoms with Crippen LogP contribution in [-0.4, -0.2) is 33.0 Å². The molecule has 0 spiro atoms. The van der Waals surface area contributed by atoms with E-state index in [0.717, 1.165) is 36.6 Å². The lowest BCUT2D eigenvalue weighted by molar-refractivity contribution is -0.121. The van der Waals surface area contributed by atoms with Gasteiger partial charge in [-0.3, -0.25) is 15.0 Å². The summed E-state index contributed by atoms with van der Waals surface area (Å²) in [5.41, 5.74) is 4.67. The first-order chi connectivity index (χ1) is 17.3. The highest BCUT2D eigenvalue weighted by Crippen LogP contribution is 2.38. The Morgan fingerprint density at radius 2 is 1.67 bits per heavy atom. The van der Waals surface area contributed by atoms with E-state index in [4.69, 9.17) is 10.5 Å². The number of amides is 2. The summed E-state index contributed by atoms with van der Waals surface area (Å²) in [4.78, 5) is 27.2. The van der Waals surface area contributed by atoms with Crippen molar-refractivity contribution in [3.05, 3.63) is 97.5 Å². The summed E-state index contributed by atoms with van der Waals surface area (Å²) >= 11 is 6.77. The SMILES string of the molecule is Cc1ccc(C2=NN(C(=N)S[C@H]3CC(=O)N(c4ccc(I)cc4)C3=O)[C@@H](c3ccc(Br)cc3)C2)cc1. The van der Waals surface area contributed by atoms with Gasteiger partial charge in [-0.1, -0.05) is 69.7 Å². The highest BCUT2D eigenvalue weighted by molar-refractivity contribution is 14.1. The molecule has 2 aliphatic rings. The second-order valence-corrected chi connectivity index (χ2v) is 12.0. The molecule has 5 rings (SSSR count). The molecule has 1 N–H and O–H groups in total. The Morgan fingerprint density at radius 1 is 1.00 bits per heavy atom. The average molecular weight is 673 g/mol. The van der Waals surface area contributed by atoms with E-state index < -0.39 is 5.25 Å². The van der Waals surface area contributed by atoms with Crippen LogP contribution in [0.15, 0.2) is 82.4 Å². The first-order valence-corrected chi connectivity index (χ1v) is 14.1. The Labute approximate surface area is 235 Å². The third-order valence-corrected chi connectivity index (χ3v) is 8.51. The van der Waals surface area contributed by atoms with Gasteiger partial charge in [0.05, 0.1) is 17.4 Å². The fourth-order valence-electron chi connectivity index (χ4n) is 4.31. The number of hydrazone groups is 1. The Kier molecular flexibility index (Phi) is 7.32. The molecule has 182 valence electrons. The predicted molar refractivity (Wildman–Crippen MR) is 156 cm³/mol. The summed E-state index contributed by atoms with van der Waals surface area (Å²) in [7, 11) is 0. The maximum absolute atomic E-state index is 13.2. The quantitative estimate of drug-likeness (QED) is 0.148. The molecule has 2 heterocycles. The van der Waals surface area contributed by atoms with Crippen LogP contribution >= 0.6 is 50.3 Å². The fourth-order valence-corrected chi connectivity index (χ4v) is 5.91. The number of carbonyl (C=O) groups excluding carboxylic acids is 2. The lowest BCUT2D eigenvalue weighted by atomic mass is 9.98. The van der Waals surface area contributed by atoms with Crippen molar-refractivity contribution >= 4 is 78.7 Å². The van der Waals surface area contributed by atoms with Gasteiger partial charge in [0, 0.05) is 20.9 Å². The molecular weight excluding hydrogens is 651 g/mol. The number of nitrogens with one attached hydrogen (secondary N) is 1. The zero-order chi connectivity index (χ0) is 25.4. The molecule has 0 aromatic heterocycles. The average Bonchev–Trinajstić information content (AvgIpc) is 3.42. The molecular formula is C27H22BrIN4O2S. The van der Waals surface area contributed by atoms with Crippen molar-refractivity contribution in [3.63, 3.8) is 0 Å². The van der Waals surface area contributed by atoms with Crippen LogP contribution in [0.5, 0.6) is 0 Å². The number of nitrogens with zero attached hydrogens (tertiary/aromatic N) is 3. The topological polar surface area (TPSA) is 76.8 Å². The number of carbonyl (C=O) groups is 2. The van der Waals surface area contributed by atoms with Crippen molar-refractivity contribution in [1.82, 2.24) is 5.01 Å². The zero-order valence-corrected chi connectivity index (χ0v) is 23.9. The maximum Gasteiger partial charge on any atom is 0.247 e. The van der Waals surface area contributed by atoms with Gasteiger partial charge in [-0.25, -0.2) is 9.91 Å². The van der Waals surface area contributed by atoms with Crippen molar-refractivity contribution in [1.29, 1.82) is 5.41 Å². The number of hydrogen-bond donors (Lipinski definition) is 1. The number of hydrogen-bond acceptors (Lipinski definition) is 5. The van der Waals surface area contributed by atoms with E-state index in [1.54, 1.807) is 17.1 Å². The van der Waals surface area contributed by atoms with Gasteiger partial charge in [0.2, 0.25) is 11.8 Å². The van der Waals surface area contributed by atoms with Crippen molar-refractivity contribution in [2.45, 2.75) is 31.1 Å². The van der Waals surface area contributed by atoms with Gasteiger partial charge in [-0.05, 0) is 77.0 Å². The molecule has 2 aliphatic heterocycles. The normalized spacial score (nSPS) is 19.7. The minimum atomic E-state index is -0.659. The molecule has 6 nitrogen and oxygen atoms in total. The minimum absolute atomic E-state index is 0.0587. The Hall–Kier alpha value is -2.50. The van der Waals surface area contributed by atoms with E-state index in [9.17, 15) is 9.59 Å². The second-order valence-electron chi connectivity index (χ2n) is 8.69. The molecule has 0 radical (unpaired) electrons. The highest BCUT2D eigenvalue weighted by atomic mass is 127. The molecule has 3 aromatic rings. The molecule has 2 atom stereocenters. The third kappa shape index (κ3) is 5.14. The number of anilines is 1. The van der Waals surface area contributed by atoms with E-state index in [-0.39, 0.29) is 29.4 Å². The Bertz CT molecular complexity index is 1360. The van der Waals surface area contributed by atoms with Gasteiger partial charge in [0.15, 0.2) is 5.17 Å². The summed E-state index contributed by atoms with van der Waals surface area (Å²) in [5.74, 6) is -0.542. The van der Waals surface area contributed by atoms with Crippen LogP contribution in [0.25, 0.3) is 0 Å². The Morgan fingerprint density at radius 3 is 2.33 bits per heavy atom. The van der Waals surface area contributed by atoms with Crippen LogP contribution in [0, 0.1) is 15.9 Å². The summed E-state index contributed by atoms with van der Waals surface area (Å²) in [6.45, 7) is 2.04. The summed E-state index contributed by atoms with van der Waals surface area (Å²) in [6.07, 6.45) is 0.698. The molecule has 0 saturated carbocycles. The Balaban J connectivity index is 1.39. The maximum atomic E-state index is 13.2. The van der Waals surface area contributed by atoms with Crippen molar-refractivity contribution in [2.24, 2.45) is 5.10 Å². The zero-order valence-electron chi connectivity index (χ0n) is 19.3. The van der Waals surface area contributed by atoms with Gasteiger partial charge in [0.1, 0.15) is 5.25 Å². The van der Waals surface area contributed by atoms with Gasteiger partial charge < -0.3 is 0 Å². The molecule has 9 heteroatoms. The molecule has 1 fully saturated rings. The number of amidine groups is 1. The second kappa shape index (κ2) is 10.5. The van der Waals surface area contributed by atoms with E-state index in [0.29, 0.717) is 12.1 Å². The monoisotopic (exact) mass is 672 g/mol. The summed E-state index contributed by atoms with van der Waals surface area (Å²) in [6, 6.07) is 23.3. The van der Waals surface area contributed by atoms with E-state index in [1.807, 2.05) is 55.5 Å². The smallest absolute Gasteiger partial charge is 0.247 e. The third-order valence-electron chi connectivity index (χ3n) is 6.20. The molecule has 0 aliphatic carbocycles. The van der Waals surface area contributed by atoms with Crippen LogP contribution in [0.4, 0.5) is 5.69 Å².